The number of nitrogens with zero attached hydrogens (tertiary/aromatic N) is 4. The normalized spacial score (nSPS) is 13.1. The largest absolute Gasteiger partial charge is 0.378 e. The maximum atomic E-state index is 12.6. The van der Waals surface area contributed by atoms with E-state index in [2.05, 4.69) is 52.8 Å². The minimum Gasteiger partial charge on any atom is -0.378 e. The smallest absolute Gasteiger partial charge is 0.323 e. The van der Waals surface area contributed by atoms with Crippen LogP contribution in [0.25, 0.3) is 32.7 Å². The zero-order chi connectivity index (χ0) is 29.9. The lowest BCUT2D eigenvalue weighted by atomic mass is 10.1. The minimum absolute atomic E-state index is 0.0958. The van der Waals surface area contributed by atoms with E-state index in [1.807, 2.05) is 24.3 Å². The number of benzene rings is 3. The monoisotopic (exact) mass is 592 g/mol. The van der Waals surface area contributed by atoms with E-state index >= 15 is 0 Å². The van der Waals surface area contributed by atoms with Crippen LogP contribution in [0.1, 0.15) is 15.2 Å². The van der Waals surface area contributed by atoms with Crippen LogP contribution in [0.5, 0.6) is 0 Å². The first-order valence-electron chi connectivity index (χ1n) is 14.1. The zero-order valence-electron chi connectivity index (χ0n) is 24.3. The van der Waals surface area contributed by atoms with Crippen molar-refractivity contribution in [2.75, 3.05) is 55.9 Å². The average Bonchev–Trinajstić information content (AvgIpc) is 3.47. The van der Waals surface area contributed by atoms with Crippen LogP contribution in [0.3, 0.4) is 0 Å². The fraction of sp³-hybridized carbons (Fsp3) is 0.212. The van der Waals surface area contributed by atoms with Crippen molar-refractivity contribution in [1.29, 1.82) is 0 Å². The van der Waals surface area contributed by atoms with Crippen molar-refractivity contribution in [2.45, 2.75) is 6.92 Å². The summed E-state index contributed by atoms with van der Waals surface area (Å²) in [6.45, 7) is 4.97. The zero-order valence-corrected chi connectivity index (χ0v) is 25.1. The van der Waals surface area contributed by atoms with Gasteiger partial charge < -0.3 is 25.2 Å². The minimum atomic E-state index is -0.382. The molecular weight excluding hydrogens is 560 g/mol. The number of hydrogen-bond acceptors (Lipinski definition) is 7. The highest BCUT2D eigenvalue weighted by Crippen LogP contribution is 2.34. The number of aromatic nitrogens is 2. The molecule has 0 atom stereocenters. The number of fused-ring (bicyclic) bond motifs is 1. The summed E-state index contributed by atoms with van der Waals surface area (Å²) in [5, 5.41) is 6.67. The number of urea groups is 1. The van der Waals surface area contributed by atoms with Gasteiger partial charge in [-0.2, -0.15) is 0 Å². The highest BCUT2D eigenvalue weighted by Gasteiger charge is 2.19. The number of anilines is 3. The number of rotatable bonds is 6. The van der Waals surface area contributed by atoms with Gasteiger partial charge in [0.25, 0.3) is 5.91 Å². The van der Waals surface area contributed by atoms with Gasteiger partial charge in [0, 0.05) is 64.8 Å². The van der Waals surface area contributed by atoms with Gasteiger partial charge in [-0.05, 0) is 85.3 Å². The molecule has 0 aliphatic carbocycles. The first kappa shape index (κ1) is 28.3. The molecule has 3 amide bonds. The molecule has 2 N–H and O–H groups in total. The summed E-state index contributed by atoms with van der Waals surface area (Å²) in [6.07, 6.45) is 0. The third-order valence-electron chi connectivity index (χ3n) is 7.21. The van der Waals surface area contributed by atoms with E-state index in [0.717, 1.165) is 40.9 Å². The lowest BCUT2D eigenvalue weighted by Gasteiger charge is -2.29. The number of amides is 3. The topological polar surface area (TPSA) is 99.7 Å². The Morgan fingerprint density at radius 1 is 0.837 bits per heavy atom. The molecular formula is C33H32N6O3S. The Hall–Kier alpha value is -4.80. The van der Waals surface area contributed by atoms with Crippen molar-refractivity contribution in [3.63, 3.8) is 0 Å². The molecule has 9 nitrogen and oxygen atoms in total. The fourth-order valence-corrected chi connectivity index (χ4v) is 5.82. The molecule has 0 saturated carbocycles. The molecule has 3 heterocycles. The summed E-state index contributed by atoms with van der Waals surface area (Å²) in [6, 6.07) is 24.6. The maximum Gasteiger partial charge on any atom is 0.323 e. The average molecular weight is 593 g/mol. The molecule has 6 rings (SSSR count). The number of morpholine rings is 1. The summed E-state index contributed by atoms with van der Waals surface area (Å²) in [7, 11) is 3.40. The van der Waals surface area contributed by atoms with Gasteiger partial charge in [-0.15, -0.1) is 11.3 Å². The van der Waals surface area contributed by atoms with Gasteiger partial charge in [0.1, 0.15) is 5.82 Å². The predicted molar refractivity (Wildman–Crippen MR) is 173 cm³/mol. The molecule has 10 heteroatoms. The van der Waals surface area contributed by atoms with Crippen LogP contribution in [-0.4, -0.2) is 67.2 Å². The van der Waals surface area contributed by atoms with Crippen molar-refractivity contribution in [1.82, 2.24) is 14.9 Å². The number of hydrogen-bond donors (Lipinski definition) is 2. The number of aryl methyl sites for hydroxylation is 1. The van der Waals surface area contributed by atoms with Crippen LogP contribution < -0.4 is 15.5 Å². The Bertz CT molecular complexity index is 1780. The molecule has 5 aromatic rings. The summed E-state index contributed by atoms with van der Waals surface area (Å²) in [5.41, 5.74) is 4.63. The highest BCUT2D eigenvalue weighted by molar-refractivity contribution is 7.15. The van der Waals surface area contributed by atoms with E-state index in [4.69, 9.17) is 14.7 Å². The van der Waals surface area contributed by atoms with Crippen LogP contribution in [0, 0.1) is 6.92 Å². The number of nitrogens with one attached hydrogen (secondary N) is 2. The first-order valence-corrected chi connectivity index (χ1v) is 14.9. The lowest BCUT2D eigenvalue weighted by Crippen LogP contribution is -2.37. The number of thiophene rings is 1. The summed E-state index contributed by atoms with van der Waals surface area (Å²) in [5.74, 6) is 1.43. The second-order valence-electron chi connectivity index (χ2n) is 10.5. The molecule has 1 aliphatic heterocycles. The van der Waals surface area contributed by atoms with E-state index in [1.165, 1.54) is 14.7 Å². The fourth-order valence-electron chi connectivity index (χ4n) is 4.95. The van der Waals surface area contributed by atoms with Gasteiger partial charge in [-0.1, -0.05) is 6.07 Å². The van der Waals surface area contributed by atoms with Crippen molar-refractivity contribution >= 4 is 51.4 Å². The van der Waals surface area contributed by atoms with Crippen LogP contribution in [0.4, 0.5) is 22.0 Å². The van der Waals surface area contributed by atoms with Crippen molar-refractivity contribution < 1.29 is 14.3 Å². The molecule has 3 aromatic carbocycles. The SMILES string of the molecule is Cc1ccc(-c2ccc3c(N4CCOCC4)nc(-c4ccc(NC(=O)Nc5ccc(C(=O)N(C)C)cc5)cc4)nc3c2)s1. The molecule has 1 fully saturated rings. The van der Waals surface area contributed by atoms with Gasteiger partial charge in [-0.25, -0.2) is 14.8 Å². The summed E-state index contributed by atoms with van der Waals surface area (Å²) in [4.78, 5) is 41.0. The molecule has 2 aromatic heterocycles. The van der Waals surface area contributed by atoms with Gasteiger partial charge in [-0.3, -0.25) is 4.79 Å². The van der Waals surface area contributed by atoms with E-state index in [1.54, 1.807) is 49.7 Å². The predicted octanol–water partition coefficient (Wildman–Crippen LogP) is 6.52. The van der Waals surface area contributed by atoms with Crippen LogP contribution in [0.15, 0.2) is 78.9 Å². The number of ether oxygens (including phenoxy) is 1. The van der Waals surface area contributed by atoms with Crippen LogP contribution in [0.2, 0.25) is 0 Å². The molecule has 0 radical (unpaired) electrons. The Balaban J connectivity index is 1.23. The molecule has 0 unspecified atom stereocenters. The molecule has 218 valence electrons. The lowest BCUT2D eigenvalue weighted by molar-refractivity contribution is 0.0827. The summed E-state index contributed by atoms with van der Waals surface area (Å²) < 4.78 is 5.59. The van der Waals surface area contributed by atoms with E-state index < -0.39 is 0 Å². The molecule has 1 aliphatic rings. The quantitative estimate of drug-likeness (QED) is 0.233. The highest BCUT2D eigenvalue weighted by atomic mass is 32.1. The van der Waals surface area contributed by atoms with Gasteiger partial charge in [0.2, 0.25) is 0 Å². The molecule has 0 bridgehead atoms. The standard InChI is InChI=1S/C33H32N6O3S/c1-21-4-15-29(43-21)24-9-14-27-28(20-24)36-30(37-31(27)39-16-18-42-19-17-39)22-5-10-25(11-6-22)34-33(41)35-26-12-7-23(8-13-26)32(40)38(2)3/h4-15,20H,16-19H2,1-3H3,(H2,34,35,41). The second-order valence-corrected chi connectivity index (χ2v) is 11.8. The summed E-state index contributed by atoms with van der Waals surface area (Å²) >= 11 is 1.77. The first-order chi connectivity index (χ1) is 20.8. The molecule has 43 heavy (non-hydrogen) atoms. The number of carbonyl (C=O) groups excluding carboxylic acids is 2. The Kier molecular flexibility index (Phi) is 8.04. The van der Waals surface area contributed by atoms with Crippen molar-refractivity contribution in [3.05, 3.63) is 89.3 Å². The van der Waals surface area contributed by atoms with Gasteiger partial charge in [0.05, 0.1) is 18.7 Å². The van der Waals surface area contributed by atoms with Gasteiger partial charge in [0.15, 0.2) is 5.82 Å². The third kappa shape index (κ3) is 6.35. The van der Waals surface area contributed by atoms with E-state index in [0.29, 0.717) is 36.0 Å². The van der Waals surface area contributed by atoms with Crippen LogP contribution >= 0.6 is 11.3 Å². The second kappa shape index (κ2) is 12.2. The van der Waals surface area contributed by atoms with E-state index in [-0.39, 0.29) is 11.9 Å². The van der Waals surface area contributed by atoms with Gasteiger partial charge >= 0.3 is 6.03 Å². The van der Waals surface area contributed by atoms with E-state index in [9.17, 15) is 9.59 Å². The van der Waals surface area contributed by atoms with Crippen molar-refractivity contribution in [3.8, 4) is 21.8 Å². The maximum absolute atomic E-state index is 12.6. The third-order valence-corrected chi connectivity index (χ3v) is 8.26. The Morgan fingerprint density at radius 3 is 2.12 bits per heavy atom. The molecule has 1 saturated heterocycles. The van der Waals surface area contributed by atoms with Crippen LogP contribution in [-0.2, 0) is 4.74 Å². The molecule has 0 spiro atoms. The number of carbonyl (C=O) groups is 2. The Morgan fingerprint density at radius 2 is 1.49 bits per heavy atom. The Labute approximate surface area is 254 Å². The van der Waals surface area contributed by atoms with Crippen molar-refractivity contribution in [2.24, 2.45) is 0 Å².